The molecular formula is C29H46N4O4. The molecule has 3 amide bonds. The lowest BCUT2D eigenvalue weighted by atomic mass is 9.79. The maximum Gasteiger partial charge on any atom is 0.227 e. The summed E-state index contributed by atoms with van der Waals surface area (Å²) in [5, 5.41) is 13.6. The van der Waals surface area contributed by atoms with Crippen LogP contribution >= 0.6 is 0 Å². The number of benzene rings is 1. The van der Waals surface area contributed by atoms with E-state index in [1.54, 1.807) is 6.92 Å². The molecule has 2 aliphatic rings. The number of likely N-dealkylation sites (tertiary alicyclic amines) is 1. The zero-order valence-corrected chi connectivity index (χ0v) is 23.0. The maximum atomic E-state index is 13.6. The lowest BCUT2D eigenvalue weighted by molar-refractivity contribution is -0.130. The molecule has 3 rings (SSSR count). The van der Waals surface area contributed by atoms with E-state index in [2.05, 4.69) is 12.2 Å². The average Bonchev–Trinajstić information content (AvgIpc) is 3.28. The molecule has 0 saturated carbocycles. The predicted octanol–water partition coefficient (Wildman–Crippen LogP) is 3.00. The molecule has 1 aromatic carbocycles. The van der Waals surface area contributed by atoms with E-state index in [-0.39, 0.29) is 42.5 Å². The van der Waals surface area contributed by atoms with Gasteiger partial charge in [-0.25, -0.2) is 0 Å². The highest BCUT2D eigenvalue weighted by molar-refractivity contribution is 5.95. The van der Waals surface area contributed by atoms with Gasteiger partial charge in [0.05, 0.1) is 12.1 Å². The van der Waals surface area contributed by atoms with Gasteiger partial charge in [-0.1, -0.05) is 52.3 Å². The highest BCUT2D eigenvalue weighted by atomic mass is 16.3. The highest BCUT2D eigenvalue weighted by Crippen LogP contribution is 2.34. The Balaban J connectivity index is 1.60. The Morgan fingerprint density at radius 1 is 1.27 bits per heavy atom. The fourth-order valence-corrected chi connectivity index (χ4v) is 5.63. The van der Waals surface area contributed by atoms with E-state index in [4.69, 9.17) is 5.73 Å². The minimum atomic E-state index is -0.831. The number of para-hydroxylation sites is 1. The molecule has 2 heterocycles. The van der Waals surface area contributed by atoms with Crippen LogP contribution < -0.4 is 16.0 Å². The number of amides is 3. The first-order chi connectivity index (χ1) is 17.5. The van der Waals surface area contributed by atoms with E-state index >= 15 is 0 Å². The number of aliphatic hydroxyl groups is 1. The zero-order valence-electron chi connectivity index (χ0n) is 23.0. The summed E-state index contributed by atoms with van der Waals surface area (Å²) in [5.41, 5.74) is 7.93. The summed E-state index contributed by atoms with van der Waals surface area (Å²) < 4.78 is 0. The molecule has 206 valence electrons. The van der Waals surface area contributed by atoms with Gasteiger partial charge in [0.15, 0.2) is 0 Å². The van der Waals surface area contributed by atoms with Crippen molar-refractivity contribution in [3.63, 3.8) is 0 Å². The van der Waals surface area contributed by atoms with E-state index in [9.17, 15) is 19.5 Å². The molecule has 4 atom stereocenters. The van der Waals surface area contributed by atoms with Gasteiger partial charge in [0.2, 0.25) is 17.7 Å². The molecule has 1 saturated heterocycles. The van der Waals surface area contributed by atoms with Crippen molar-refractivity contribution in [1.82, 2.24) is 10.2 Å². The van der Waals surface area contributed by atoms with E-state index < -0.39 is 17.6 Å². The number of unbranched alkanes of at least 4 members (excludes halogenated alkanes) is 1. The van der Waals surface area contributed by atoms with Crippen molar-refractivity contribution in [2.24, 2.45) is 17.1 Å². The summed E-state index contributed by atoms with van der Waals surface area (Å²) in [6.45, 7) is 9.76. The van der Waals surface area contributed by atoms with Crippen molar-refractivity contribution in [3.05, 3.63) is 29.8 Å². The first-order valence-electron chi connectivity index (χ1n) is 13.9. The second-order valence-electron chi connectivity index (χ2n) is 11.7. The second-order valence-corrected chi connectivity index (χ2v) is 11.7. The lowest BCUT2D eigenvalue weighted by Crippen LogP contribution is -2.51. The molecule has 2 aliphatic heterocycles. The molecular weight excluding hydrogens is 468 g/mol. The molecule has 0 radical (unpaired) electrons. The van der Waals surface area contributed by atoms with Gasteiger partial charge in [-0.05, 0) is 49.1 Å². The van der Waals surface area contributed by atoms with Gasteiger partial charge in [-0.3, -0.25) is 14.4 Å². The van der Waals surface area contributed by atoms with Crippen LogP contribution in [0.2, 0.25) is 0 Å². The quantitative estimate of drug-likeness (QED) is 0.371. The Hall–Kier alpha value is -2.45. The fraction of sp³-hybridized carbons (Fsp3) is 0.690. The predicted molar refractivity (Wildman–Crippen MR) is 146 cm³/mol. The number of hydrogen-bond acceptors (Lipinski definition) is 5. The van der Waals surface area contributed by atoms with E-state index in [0.29, 0.717) is 25.9 Å². The third-order valence-electron chi connectivity index (χ3n) is 7.77. The number of rotatable bonds is 12. The molecule has 37 heavy (non-hydrogen) atoms. The topological polar surface area (TPSA) is 116 Å². The molecule has 8 nitrogen and oxygen atoms in total. The van der Waals surface area contributed by atoms with Gasteiger partial charge in [-0.2, -0.15) is 0 Å². The van der Waals surface area contributed by atoms with Crippen LogP contribution in [-0.2, 0) is 20.8 Å². The number of carbonyl (C=O) groups excluding carboxylic acids is 3. The number of fused-ring (bicyclic) bond motifs is 1. The van der Waals surface area contributed by atoms with Crippen molar-refractivity contribution in [2.45, 2.75) is 97.2 Å². The highest BCUT2D eigenvalue weighted by Gasteiger charge is 2.37. The van der Waals surface area contributed by atoms with E-state index in [0.717, 1.165) is 43.5 Å². The molecule has 0 unspecified atom stereocenters. The monoisotopic (exact) mass is 514 g/mol. The summed E-state index contributed by atoms with van der Waals surface area (Å²) in [5.74, 6) is -0.230. The van der Waals surface area contributed by atoms with E-state index in [1.165, 1.54) is 0 Å². The Morgan fingerprint density at radius 3 is 2.68 bits per heavy atom. The Labute approximate surface area is 222 Å². The van der Waals surface area contributed by atoms with Crippen LogP contribution in [0.5, 0.6) is 0 Å². The SMILES string of the molecule is CCCCNC(=O)[C@H](C)C[C@H](O)[C@@H](N)CC(C)(C)CC(=O)N1C[C@H](N2CCCC2=O)Cc2ccccc21. The van der Waals surface area contributed by atoms with Crippen LogP contribution in [-0.4, -0.2) is 65.5 Å². The van der Waals surface area contributed by atoms with Gasteiger partial charge in [0.25, 0.3) is 0 Å². The summed E-state index contributed by atoms with van der Waals surface area (Å²) >= 11 is 0. The summed E-state index contributed by atoms with van der Waals surface area (Å²) in [4.78, 5) is 42.1. The fourth-order valence-electron chi connectivity index (χ4n) is 5.63. The van der Waals surface area contributed by atoms with Crippen LogP contribution in [0.1, 0.15) is 78.2 Å². The van der Waals surface area contributed by atoms with Crippen molar-refractivity contribution in [2.75, 3.05) is 24.5 Å². The Morgan fingerprint density at radius 2 is 2.00 bits per heavy atom. The normalized spacial score (nSPS) is 20.4. The molecule has 8 heteroatoms. The maximum absolute atomic E-state index is 13.6. The molecule has 0 aromatic heterocycles. The van der Waals surface area contributed by atoms with Gasteiger partial charge in [0, 0.05) is 50.1 Å². The third-order valence-corrected chi connectivity index (χ3v) is 7.77. The van der Waals surface area contributed by atoms with Crippen molar-refractivity contribution in [1.29, 1.82) is 0 Å². The number of carbonyl (C=O) groups is 3. The lowest BCUT2D eigenvalue weighted by Gasteiger charge is -2.40. The van der Waals surface area contributed by atoms with Crippen LogP contribution in [0, 0.1) is 11.3 Å². The average molecular weight is 515 g/mol. The number of anilines is 1. The van der Waals surface area contributed by atoms with Crippen LogP contribution in [0.25, 0.3) is 0 Å². The van der Waals surface area contributed by atoms with Gasteiger partial charge < -0.3 is 26.0 Å². The summed E-state index contributed by atoms with van der Waals surface area (Å²) in [7, 11) is 0. The smallest absolute Gasteiger partial charge is 0.227 e. The van der Waals surface area contributed by atoms with Crippen LogP contribution in [0.3, 0.4) is 0 Å². The largest absolute Gasteiger partial charge is 0.391 e. The first kappa shape index (κ1) is 29.1. The number of nitrogens with two attached hydrogens (primary N) is 1. The molecule has 0 aliphatic carbocycles. The summed E-state index contributed by atoms with van der Waals surface area (Å²) in [6.07, 6.45) is 4.33. The molecule has 1 aromatic rings. The van der Waals surface area contributed by atoms with Gasteiger partial charge in [0.1, 0.15) is 0 Å². The molecule has 1 fully saturated rings. The van der Waals surface area contributed by atoms with Gasteiger partial charge >= 0.3 is 0 Å². The van der Waals surface area contributed by atoms with Crippen molar-refractivity contribution < 1.29 is 19.5 Å². The number of aliphatic hydroxyl groups excluding tert-OH is 1. The number of nitrogens with one attached hydrogen (secondary N) is 1. The van der Waals surface area contributed by atoms with Crippen molar-refractivity contribution in [3.8, 4) is 0 Å². The minimum Gasteiger partial charge on any atom is -0.391 e. The van der Waals surface area contributed by atoms with E-state index in [1.807, 2.05) is 47.9 Å². The summed E-state index contributed by atoms with van der Waals surface area (Å²) in [6, 6.07) is 7.38. The second kappa shape index (κ2) is 12.9. The third kappa shape index (κ3) is 7.77. The first-order valence-corrected chi connectivity index (χ1v) is 13.9. The standard InChI is InChI=1S/C29H46N4O4/c1-5-6-13-31-28(37)20(2)15-25(34)23(30)17-29(3,4)18-27(36)33-19-22(32-14-9-12-26(32)35)16-21-10-7-8-11-24(21)33/h7-8,10-11,20,22-23,25,34H,5-6,9,12-19,30H2,1-4H3,(H,31,37)/t20-,22-,23+,25+/m1/s1. The van der Waals surface area contributed by atoms with Gasteiger partial charge in [-0.15, -0.1) is 0 Å². The minimum absolute atomic E-state index is 0.000782. The Kier molecular flexibility index (Phi) is 10.1. The van der Waals surface area contributed by atoms with Crippen LogP contribution in [0.4, 0.5) is 5.69 Å². The number of hydrogen-bond donors (Lipinski definition) is 3. The number of nitrogens with zero attached hydrogens (tertiary/aromatic N) is 2. The molecule has 0 bridgehead atoms. The Bertz CT molecular complexity index is 950. The zero-order chi connectivity index (χ0) is 27.2. The molecule has 0 spiro atoms. The molecule has 4 N–H and O–H groups in total. The van der Waals surface area contributed by atoms with Crippen molar-refractivity contribution >= 4 is 23.4 Å². The van der Waals surface area contributed by atoms with Crippen LogP contribution in [0.15, 0.2) is 24.3 Å².